The number of benzene rings is 1. The molecule has 2 saturated heterocycles. The standard InChI is InChI=1S/C25H28ClF4N7S/c1-15-9-35(10-15)11-16-3-4-22(18(26)7-16)36-13-21(32-14-36)23-17(25(28,29)30)8-31-24(34-23)33-20-5-6-37(38-2)12-19(20)27/h3-4,7-8,13-15,19-20H,5-6,9-12H2,1-2H3,(H,31,33,34)/t19-,20+/m1/s1. The van der Waals surface area contributed by atoms with E-state index in [9.17, 15) is 17.6 Å². The first-order chi connectivity index (χ1) is 18.1. The molecule has 1 N–H and O–H groups in total. The minimum atomic E-state index is -4.70. The van der Waals surface area contributed by atoms with Crippen molar-refractivity contribution in [2.24, 2.45) is 5.92 Å². The van der Waals surface area contributed by atoms with E-state index < -0.39 is 24.0 Å². The zero-order valence-electron chi connectivity index (χ0n) is 20.9. The number of hydrogen-bond donors (Lipinski definition) is 1. The molecule has 2 aliphatic rings. The summed E-state index contributed by atoms with van der Waals surface area (Å²) in [4.78, 5) is 14.5. The van der Waals surface area contributed by atoms with E-state index in [0.29, 0.717) is 35.8 Å². The fourth-order valence-corrected chi connectivity index (χ4v) is 5.76. The number of rotatable bonds is 7. The maximum absolute atomic E-state index is 14.6. The van der Waals surface area contributed by atoms with Gasteiger partial charge in [-0.25, -0.2) is 23.6 Å². The molecule has 4 heterocycles. The lowest BCUT2D eigenvalue weighted by Crippen LogP contribution is -2.45. The van der Waals surface area contributed by atoms with Crippen molar-refractivity contribution >= 4 is 29.5 Å². The van der Waals surface area contributed by atoms with Crippen molar-refractivity contribution in [1.29, 1.82) is 0 Å². The van der Waals surface area contributed by atoms with Crippen molar-refractivity contribution in [2.75, 3.05) is 37.8 Å². The third kappa shape index (κ3) is 5.93. The van der Waals surface area contributed by atoms with E-state index in [1.807, 2.05) is 28.8 Å². The highest BCUT2D eigenvalue weighted by molar-refractivity contribution is 7.96. The number of anilines is 1. The van der Waals surface area contributed by atoms with Crippen molar-refractivity contribution < 1.29 is 17.6 Å². The van der Waals surface area contributed by atoms with Gasteiger partial charge >= 0.3 is 6.18 Å². The van der Waals surface area contributed by atoms with E-state index >= 15 is 0 Å². The number of imidazole rings is 1. The molecule has 7 nitrogen and oxygen atoms in total. The van der Waals surface area contributed by atoms with E-state index in [1.54, 1.807) is 4.57 Å². The van der Waals surface area contributed by atoms with Crippen molar-refractivity contribution in [3.05, 3.63) is 53.1 Å². The summed E-state index contributed by atoms with van der Waals surface area (Å²) in [6.07, 6.45) is 0.0118. The predicted molar refractivity (Wildman–Crippen MR) is 141 cm³/mol. The average Bonchev–Trinajstić information content (AvgIpc) is 3.33. The fourth-order valence-electron chi connectivity index (χ4n) is 4.88. The quantitative estimate of drug-likeness (QED) is 0.295. The Kier molecular flexibility index (Phi) is 7.86. The number of nitrogens with one attached hydrogen (secondary N) is 1. The summed E-state index contributed by atoms with van der Waals surface area (Å²) in [7, 11) is 0. The number of aromatic nitrogens is 4. The summed E-state index contributed by atoms with van der Waals surface area (Å²) >= 11 is 8.00. The molecule has 38 heavy (non-hydrogen) atoms. The zero-order chi connectivity index (χ0) is 27.0. The van der Waals surface area contributed by atoms with Gasteiger partial charge in [-0.2, -0.15) is 13.2 Å². The molecular weight excluding hydrogens is 542 g/mol. The Morgan fingerprint density at radius 1 is 1.18 bits per heavy atom. The minimum Gasteiger partial charge on any atom is -0.348 e. The molecule has 3 aromatic rings. The summed E-state index contributed by atoms with van der Waals surface area (Å²) in [6, 6.07) is 5.04. The Morgan fingerprint density at radius 2 is 1.97 bits per heavy atom. The Bertz CT molecular complexity index is 1280. The largest absolute Gasteiger partial charge is 0.420 e. The molecule has 1 aromatic carbocycles. The van der Waals surface area contributed by atoms with E-state index in [-0.39, 0.29) is 23.9 Å². The van der Waals surface area contributed by atoms with Crippen molar-refractivity contribution in [1.82, 2.24) is 28.7 Å². The normalized spacial score (nSPS) is 21.4. The first-order valence-electron chi connectivity index (χ1n) is 12.3. The number of piperidine rings is 1. The predicted octanol–water partition coefficient (Wildman–Crippen LogP) is 5.56. The average molecular weight is 570 g/mol. The van der Waals surface area contributed by atoms with Gasteiger partial charge in [-0.15, -0.1) is 0 Å². The van der Waals surface area contributed by atoms with Gasteiger partial charge in [-0.1, -0.05) is 36.5 Å². The van der Waals surface area contributed by atoms with Crippen LogP contribution in [0, 0.1) is 5.92 Å². The lowest BCUT2D eigenvalue weighted by Gasteiger charge is -2.37. The summed E-state index contributed by atoms with van der Waals surface area (Å²) in [5, 5.41) is 3.35. The first kappa shape index (κ1) is 27.2. The molecule has 0 saturated carbocycles. The number of likely N-dealkylation sites (tertiary alicyclic amines) is 1. The molecule has 5 rings (SSSR count). The van der Waals surface area contributed by atoms with Gasteiger partial charge in [-0.3, -0.25) is 4.90 Å². The van der Waals surface area contributed by atoms with Gasteiger partial charge in [0, 0.05) is 45.1 Å². The van der Waals surface area contributed by atoms with Crippen LogP contribution >= 0.6 is 23.5 Å². The molecule has 0 radical (unpaired) electrons. The van der Waals surface area contributed by atoms with Crippen LogP contribution in [0.4, 0.5) is 23.5 Å². The Labute approximate surface area is 227 Å². The molecule has 2 aromatic heterocycles. The highest BCUT2D eigenvalue weighted by atomic mass is 35.5. The Balaban J connectivity index is 1.39. The second kappa shape index (κ2) is 11.0. The molecule has 13 heteroatoms. The van der Waals surface area contributed by atoms with Crippen LogP contribution in [0.2, 0.25) is 5.02 Å². The lowest BCUT2D eigenvalue weighted by atomic mass is 10.0. The van der Waals surface area contributed by atoms with Crippen LogP contribution in [0.5, 0.6) is 0 Å². The first-order valence-corrected chi connectivity index (χ1v) is 13.9. The second-order valence-corrected chi connectivity index (χ2v) is 11.1. The van der Waals surface area contributed by atoms with E-state index in [2.05, 4.69) is 32.1 Å². The second-order valence-electron chi connectivity index (χ2n) is 9.83. The number of halogens is 5. The van der Waals surface area contributed by atoms with Crippen LogP contribution in [-0.2, 0) is 12.7 Å². The summed E-state index contributed by atoms with van der Waals surface area (Å²) in [5.41, 5.74) is 0.253. The van der Waals surface area contributed by atoms with Crippen molar-refractivity contribution in [3.8, 4) is 17.1 Å². The Morgan fingerprint density at radius 3 is 2.63 bits per heavy atom. The van der Waals surface area contributed by atoms with Crippen LogP contribution < -0.4 is 5.32 Å². The lowest BCUT2D eigenvalue weighted by molar-refractivity contribution is -0.137. The van der Waals surface area contributed by atoms with Crippen LogP contribution in [0.3, 0.4) is 0 Å². The van der Waals surface area contributed by atoms with E-state index in [0.717, 1.165) is 25.2 Å². The van der Waals surface area contributed by atoms with Crippen molar-refractivity contribution in [3.63, 3.8) is 0 Å². The van der Waals surface area contributed by atoms with E-state index in [1.165, 1.54) is 24.5 Å². The number of hydrogen-bond acceptors (Lipinski definition) is 7. The van der Waals surface area contributed by atoms with Crippen LogP contribution in [0.25, 0.3) is 17.1 Å². The molecule has 2 fully saturated rings. The summed E-state index contributed by atoms with van der Waals surface area (Å²) in [6.45, 7) is 5.95. The van der Waals surface area contributed by atoms with Gasteiger partial charge in [0.25, 0.3) is 0 Å². The molecule has 0 unspecified atom stereocenters. The molecule has 204 valence electrons. The topological polar surface area (TPSA) is 62.1 Å². The third-order valence-electron chi connectivity index (χ3n) is 6.83. The van der Waals surface area contributed by atoms with Gasteiger partial charge in [0.05, 0.1) is 16.8 Å². The maximum Gasteiger partial charge on any atom is 0.420 e. The fraction of sp³-hybridized carbons (Fsp3) is 0.480. The molecule has 2 aliphatic heterocycles. The van der Waals surface area contributed by atoms with E-state index in [4.69, 9.17) is 11.6 Å². The third-order valence-corrected chi connectivity index (χ3v) is 7.98. The highest BCUT2D eigenvalue weighted by Crippen LogP contribution is 2.36. The number of alkyl halides is 4. The molecule has 0 aliphatic carbocycles. The van der Waals surface area contributed by atoms with Crippen LogP contribution in [0.15, 0.2) is 36.9 Å². The molecule has 0 spiro atoms. The molecule has 0 bridgehead atoms. The van der Waals surface area contributed by atoms with Gasteiger partial charge in [0.2, 0.25) is 5.95 Å². The van der Waals surface area contributed by atoms with Gasteiger partial charge in [-0.05, 0) is 36.3 Å². The summed E-state index contributed by atoms with van der Waals surface area (Å²) < 4.78 is 59.6. The van der Waals surface area contributed by atoms with Crippen LogP contribution in [-0.4, -0.2) is 73.4 Å². The summed E-state index contributed by atoms with van der Waals surface area (Å²) in [5.74, 6) is 0.621. The minimum absolute atomic E-state index is 0.00601. The maximum atomic E-state index is 14.6. The van der Waals surface area contributed by atoms with Gasteiger partial charge in [0.1, 0.15) is 29.5 Å². The smallest absolute Gasteiger partial charge is 0.348 e. The molecule has 0 amide bonds. The van der Waals surface area contributed by atoms with Crippen molar-refractivity contribution in [2.45, 2.75) is 38.3 Å². The van der Waals surface area contributed by atoms with Crippen LogP contribution in [0.1, 0.15) is 24.5 Å². The molecule has 2 atom stereocenters. The SMILES string of the molecule is CSN1CC[C@H](Nc2ncc(C(F)(F)F)c(-c3cn(-c4ccc(CN5CC(C)C5)cc4Cl)cn3)n2)[C@H](F)C1. The molecular formula is C25H28ClF4N7S. The van der Waals surface area contributed by atoms with Gasteiger partial charge in [0.15, 0.2) is 0 Å². The Hall–Kier alpha value is -2.41. The van der Waals surface area contributed by atoms with Gasteiger partial charge < -0.3 is 9.88 Å². The number of nitrogens with zero attached hydrogens (tertiary/aromatic N) is 6. The zero-order valence-corrected chi connectivity index (χ0v) is 22.5. The monoisotopic (exact) mass is 569 g/mol. The highest BCUT2D eigenvalue weighted by Gasteiger charge is 2.37.